The second-order valence-electron chi connectivity index (χ2n) is 5.88. The lowest BCUT2D eigenvalue weighted by atomic mass is 9.93. The second-order valence-corrected chi connectivity index (χ2v) is 6.28. The molecule has 0 atom stereocenters. The highest BCUT2D eigenvalue weighted by atomic mass is 35.5. The summed E-state index contributed by atoms with van der Waals surface area (Å²) in [6, 6.07) is 3.31. The molecular weight excluding hydrogens is 306 g/mol. The number of benzene rings is 1. The largest absolute Gasteiger partial charge is 0.454 e. The van der Waals surface area contributed by atoms with Gasteiger partial charge in [-0.1, -0.05) is 24.4 Å². The van der Waals surface area contributed by atoms with E-state index in [2.05, 4.69) is 5.32 Å². The van der Waals surface area contributed by atoms with Crippen LogP contribution in [-0.4, -0.2) is 32.0 Å². The van der Waals surface area contributed by atoms with Gasteiger partial charge < -0.3 is 19.5 Å². The molecule has 1 amide bonds. The molecule has 1 saturated carbocycles. The van der Waals surface area contributed by atoms with Gasteiger partial charge in [0.15, 0.2) is 11.5 Å². The Morgan fingerprint density at radius 1 is 1.36 bits per heavy atom. The Kier molecular flexibility index (Phi) is 4.45. The van der Waals surface area contributed by atoms with Crippen LogP contribution in [0.15, 0.2) is 12.1 Å². The van der Waals surface area contributed by atoms with Gasteiger partial charge in [0.25, 0.3) is 5.91 Å². The first-order valence-electron chi connectivity index (χ1n) is 7.54. The molecule has 120 valence electrons. The molecule has 0 aromatic heterocycles. The van der Waals surface area contributed by atoms with E-state index in [1.165, 1.54) is 0 Å². The summed E-state index contributed by atoms with van der Waals surface area (Å²) in [6.07, 6.45) is 5.06. The molecule has 1 aromatic rings. The number of methoxy groups -OCH3 is 1. The number of halogens is 1. The fourth-order valence-electron chi connectivity index (χ4n) is 3.20. The zero-order chi connectivity index (χ0) is 15.6. The van der Waals surface area contributed by atoms with E-state index < -0.39 is 0 Å². The zero-order valence-electron chi connectivity index (χ0n) is 12.6. The quantitative estimate of drug-likeness (QED) is 0.903. The Hall–Kier alpha value is -1.46. The number of carbonyl (C=O) groups is 1. The Morgan fingerprint density at radius 2 is 2.14 bits per heavy atom. The number of hydrogen-bond acceptors (Lipinski definition) is 4. The molecule has 1 aliphatic carbocycles. The van der Waals surface area contributed by atoms with Crippen LogP contribution in [0.25, 0.3) is 0 Å². The summed E-state index contributed by atoms with van der Waals surface area (Å²) in [5.41, 5.74) is 0.327. The predicted molar refractivity (Wildman–Crippen MR) is 82.7 cm³/mol. The van der Waals surface area contributed by atoms with Gasteiger partial charge in [0.2, 0.25) is 6.79 Å². The lowest BCUT2D eigenvalue weighted by Gasteiger charge is -2.30. The summed E-state index contributed by atoms with van der Waals surface area (Å²) in [5.74, 6) is 0.904. The summed E-state index contributed by atoms with van der Waals surface area (Å²) in [6.45, 7) is 0.778. The minimum absolute atomic E-state index is 0.127. The van der Waals surface area contributed by atoms with Gasteiger partial charge in [0.1, 0.15) is 0 Å². The molecule has 0 radical (unpaired) electrons. The maximum atomic E-state index is 12.6. The predicted octanol–water partition coefficient (Wildman–Crippen LogP) is 3.15. The highest BCUT2D eigenvalue weighted by Crippen LogP contribution is 2.40. The molecule has 1 fully saturated rings. The Balaban J connectivity index is 1.77. The van der Waals surface area contributed by atoms with Crippen molar-refractivity contribution >= 4 is 17.5 Å². The van der Waals surface area contributed by atoms with Gasteiger partial charge in [-0.3, -0.25) is 4.79 Å². The molecule has 1 aliphatic heterocycles. The van der Waals surface area contributed by atoms with Crippen molar-refractivity contribution in [3.05, 3.63) is 22.7 Å². The average Bonchev–Trinajstić information content (AvgIpc) is 3.14. The normalized spacial score (nSPS) is 18.5. The van der Waals surface area contributed by atoms with E-state index in [1.54, 1.807) is 19.2 Å². The van der Waals surface area contributed by atoms with Crippen LogP contribution in [-0.2, 0) is 4.74 Å². The number of fused-ring (bicyclic) bond motifs is 1. The van der Waals surface area contributed by atoms with Crippen molar-refractivity contribution in [3.63, 3.8) is 0 Å². The second kappa shape index (κ2) is 6.34. The van der Waals surface area contributed by atoms with Crippen LogP contribution in [0, 0.1) is 0 Å². The van der Waals surface area contributed by atoms with Crippen LogP contribution >= 0.6 is 11.6 Å². The van der Waals surface area contributed by atoms with E-state index in [9.17, 15) is 4.79 Å². The highest BCUT2D eigenvalue weighted by Gasteiger charge is 2.35. The number of carbonyl (C=O) groups excluding carboxylic acids is 1. The minimum Gasteiger partial charge on any atom is -0.454 e. The van der Waals surface area contributed by atoms with E-state index in [1.807, 2.05) is 0 Å². The van der Waals surface area contributed by atoms with E-state index in [0.717, 1.165) is 32.1 Å². The number of ether oxygens (including phenoxy) is 3. The number of hydrogen-bond donors (Lipinski definition) is 1. The topological polar surface area (TPSA) is 56.8 Å². The van der Waals surface area contributed by atoms with Gasteiger partial charge in [-0.05, 0) is 31.4 Å². The number of nitrogens with one attached hydrogen (secondary N) is 1. The van der Waals surface area contributed by atoms with Crippen LogP contribution in [0.2, 0.25) is 5.02 Å². The summed E-state index contributed by atoms with van der Waals surface area (Å²) in [5, 5.41) is 3.59. The Morgan fingerprint density at radius 3 is 2.86 bits per heavy atom. The molecule has 6 heteroatoms. The van der Waals surface area contributed by atoms with Crippen LogP contribution in [0.1, 0.15) is 42.5 Å². The van der Waals surface area contributed by atoms with Gasteiger partial charge >= 0.3 is 0 Å². The van der Waals surface area contributed by atoms with Crippen molar-refractivity contribution < 1.29 is 19.0 Å². The summed E-state index contributed by atoms with van der Waals surface area (Å²) in [4.78, 5) is 12.6. The van der Waals surface area contributed by atoms with Gasteiger partial charge in [-0.15, -0.1) is 0 Å². The third-order valence-corrected chi connectivity index (χ3v) is 4.69. The van der Waals surface area contributed by atoms with Crippen molar-refractivity contribution in [2.45, 2.75) is 37.6 Å². The zero-order valence-corrected chi connectivity index (χ0v) is 13.4. The van der Waals surface area contributed by atoms with Crippen molar-refractivity contribution in [1.82, 2.24) is 5.32 Å². The van der Waals surface area contributed by atoms with E-state index in [0.29, 0.717) is 28.7 Å². The first-order chi connectivity index (χ1) is 10.6. The lowest BCUT2D eigenvalue weighted by Crippen LogP contribution is -2.47. The van der Waals surface area contributed by atoms with Crippen LogP contribution < -0.4 is 14.8 Å². The molecule has 0 spiro atoms. The first-order valence-corrected chi connectivity index (χ1v) is 7.92. The molecule has 1 heterocycles. The van der Waals surface area contributed by atoms with Crippen molar-refractivity contribution in [3.8, 4) is 11.5 Å². The molecule has 2 aliphatic rings. The SMILES string of the molecule is COCCC1(NC(=O)c2cc(Cl)c3c(c2)OCO3)CCCC1. The molecule has 0 saturated heterocycles. The van der Waals surface area contributed by atoms with Gasteiger partial charge in [-0.2, -0.15) is 0 Å². The molecule has 1 aromatic carbocycles. The molecule has 0 unspecified atom stereocenters. The van der Waals surface area contributed by atoms with Crippen LogP contribution in [0.4, 0.5) is 0 Å². The summed E-state index contributed by atoms with van der Waals surface area (Å²) in [7, 11) is 1.68. The van der Waals surface area contributed by atoms with Crippen molar-refractivity contribution in [2.24, 2.45) is 0 Å². The van der Waals surface area contributed by atoms with E-state index in [-0.39, 0.29) is 18.2 Å². The van der Waals surface area contributed by atoms with Crippen LogP contribution in [0.3, 0.4) is 0 Å². The number of rotatable bonds is 5. The van der Waals surface area contributed by atoms with Crippen molar-refractivity contribution in [1.29, 1.82) is 0 Å². The average molecular weight is 326 g/mol. The first kappa shape index (κ1) is 15.4. The van der Waals surface area contributed by atoms with E-state index >= 15 is 0 Å². The summed E-state index contributed by atoms with van der Waals surface area (Å²) < 4.78 is 15.8. The fraction of sp³-hybridized carbons (Fsp3) is 0.562. The third kappa shape index (κ3) is 3.01. The fourth-order valence-corrected chi connectivity index (χ4v) is 3.46. The molecule has 0 bridgehead atoms. The minimum atomic E-state index is -0.171. The maximum absolute atomic E-state index is 12.6. The molecule has 5 nitrogen and oxygen atoms in total. The molecule has 3 rings (SSSR count). The smallest absolute Gasteiger partial charge is 0.251 e. The van der Waals surface area contributed by atoms with Gasteiger partial charge in [0.05, 0.1) is 5.02 Å². The number of amides is 1. The van der Waals surface area contributed by atoms with Crippen LogP contribution in [0.5, 0.6) is 11.5 Å². The molecular formula is C16H20ClNO4. The van der Waals surface area contributed by atoms with Gasteiger partial charge in [-0.25, -0.2) is 0 Å². The summed E-state index contributed by atoms with van der Waals surface area (Å²) >= 11 is 6.15. The Labute approximate surface area is 134 Å². The maximum Gasteiger partial charge on any atom is 0.251 e. The Bertz CT molecular complexity index is 570. The third-order valence-electron chi connectivity index (χ3n) is 4.41. The molecule has 1 N–H and O–H groups in total. The van der Waals surface area contributed by atoms with Gasteiger partial charge in [0, 0.05) is 24.8 Å². The van der Waals surface area contributed by atoms with E-state index in [4.69, 9.17) is 25.8 Å². The monoisotopic (exact) mass is 325 g/mol. The molecule has 22 heavy (non-hydrogen) atoms. The standard InChI is InChI=1S/C16H20ClNO4/c1-20-7-6-16(4-2-3-5-16)18-15(19)11-8-12(17)14-13(9-11)21-10-22-14/h8-9H,2-7,10H2,1H3,(H,18,19). The lowest BCUT2D eigenvalue weighted by molar-refractivity contribution is 0.0865. The highest BCUT2D eigenvalue weighted by molar-refractivity contribution is 6.32. The van der Waals surface area contributed by atoms with Crippen molar-refractivity contribution in [2.75, 3.05) is 20.5 Å².